The van der Waals surface area contributed by atoms with Crippen LogP contribution in [0.4, 0.5) is 5.82 Å². The van der Waals surface area contributed by atoms with Gasteiger partial charge in [-0.3, -0.25) is 4.79 Å². The zero-order chi connectivity index (χ0) is 18.0. The number of hydrogen-bond acceptors (Lipinski definition) is 5. The molecular formula is C18H16N2O3S2. The molecule has 1 amide bonds. The van der Waals surface area contributed by atoms with Crippen molar-refractivity contribution in [3.05, 3.63) is 70.7 Å². The Balaban J connectivity index is 1.84. The molecule has 2 aromatic heterocycles. The molecule has 0 spiro atoms. The smallest absolute Gasteiger partial charge is 0.266 e. The number of nitrogens with zero attached hydrogens (tertiary/aromatic N) is 1. The van der Waals surface area contributed by atoms with Crippen LogP contribution in [0.2, 0.25) is 0 Å². The molecule has 0 aliphatic heterocycles. The standard InChI is InChI=1S/C18H16N2O3S2/c1-12-3-5-14(6-4-12)25(22,23)17-8-7-15(24-17)18(21)20-16-11-13(2)9-10-19-16/h3-11H,1-2H3,(H,19,20,21). The summed E-state index contributed by atoms with van der Waals surface area (Å²) in [4.78, 5) is 16.9. The number of pyridine rings is 1. The molecule has 2 heterocycles. The number of aryl methyl sites for hydroxylation is 2. The Morgan fingerprint density at radius 1 is 1.00 bits per heavy atom. The second-order valence-electron chi connectivity index (χ2n) is 5.61. The Kier molecular flexibility index (Phi) is 4.69. The van der Waals surface area contributed by atoms with Gasteiger partial charge in [-0.2, -0.15) is 0 Å². The lowest BCUT2D eigenvalue weighted by molar-refractivity contribution is 0.103. The van der Waals surface area contributed by atoms with Gasteiger partial charge in [-0.25, -0.2) is 13.4 Å². The molecule has 0 saturated carbocycles. The summed E-state index contributed by atoms with van der Waals surface area (Å²) in [5, 5.41) is 2.68. The quantitative estimate of drug-likeness (QED) is 0.755. The number of nitrogens with one attached hydrogen (secondary N) is 1. The summed E-state index contributed by atoms with van der Waals surface area (Å²) in [5.74, 6) is 0.0507. The topological polar surface area (TPSA) is 76.1 Å². The van der Waals surface area contributed by atoms with Gasteiger partial charge < -0.3 is 5.32 Å². The van der Waals surface area contributed by atoms with Crippen LogP contribution in [0.3, 0.4) is 0 Å². The molecule has 0 fully saturated rings. The van der Waals surface area contributed by atoms with Gasteiger partial charge in [0.15, 0.2) is 0 Å². The highest BCUT2D eigenvalue weighted by molar-refractivity contribution is 7.93. The van der Waals surface area contributed by atoms with Crippen LogP contribution in [0.25, 0.3) is 0 Å². The first kappa shape index (κ1) is 17.3. The first-order valence-corrected chi connectivity index (χ1v) is 9.82. The van der Waals surface area contributed by atoms with Gasteiger partial charge in [0.1, 0.15) is 10.0 Å². The fraction of sp³-hybridized carbons (Fsp3) is 0.111. The van der Waals surface area contributed by atoms with Crippen LogP contribution >= 0.6 is 11.3 Å². The highest BCUT2D eigenvalue weighted by atomic mass is 32.2. The van der Waals surface area contributed by atoms with Crippen molar-refractivity contribution < 1.29 is 13.2 Å². The van der Waals surface area contributed by atoms with Crippen molar-refractivity contribution in [2.24, 2.45) is 0 Å². The molecule has 3 rings (SSSR count). The third-order valence-corrected chi connectivity index (χ3v) is 6.90. The SMILES string of the molecule is Cc1ccc(S(=O)(=O)c2ccc(C(=O)Nc3cc(C)ccn3)s2)cc1. The average Bonchev–Trinajstić information content (AvgIpc) is 3.06. The Hall–Kier alpha value is -2.51. The van der Waals surface area contributed by atoms with Crippen LogP contribution < -0.4 is 5.32 Å². The molecule has 0 atom stereocenters. The molecule has 0 unspecified atom stereocenters. The third kappa shape index (κ3) is 3.78. The maximum absolute atomic E-state index is 12.7. The molecule has 0 aliphatic rings. The predicted molar refractivity (Wildman–Crippen MR) is 97.9 cm³/mol. The Bertz CT molecular complexity index is 1020. The molecule has 25 heavy (non-hydrogen) atoms. The molecule has 1 aromatic carbocycles. The van der Waals surface area contributed by atoms with E-state index in [1.54, 1.807) is 36.5 Å². The van der Waals surface area contributed by atoms with Gasteiger partial charge in [-0.15, -0.1) is 11.3 Å². The Morgan fingerprint density at radius 3 is 2.40 bits per heavy atom. The number of sulfone groups is 1. The Labute approximate surface area is 150 Å². The van der Waals surface area contributed by atoms with Crippen LogP contribution in [0.5, 0.6) is 0 Å². The summed E-state index contributed by atoms with van der Waals surface area (Å²) >= 11 is 0.943. The number of aromatic nitrogens is 1. The summed E-state index contributed by atoms with van der Waals surface area (Å²) in [6.07, 6.45) is 1.60. The van der Waals surface area contributed by atoms with Crippen molar-refractivity contribution >= 4 is 32.9 Å². The van der Waals surface area contributed by atoms with E-state index >= 15 is 0 Å². The van der Waals surface area contributed by atoms with Gasteiger partial charge in [0.25, 0.3) is 5.91 Å². The number of thiophene rings is 1. The van der Waals surface area contributed by atoms with Gasteiger partial charge in [0.05, 0.1) is 9.77 Å². The normalized spacial score (nSPS) is 11.3. The monoisotopic (exact) mass is 372 g/mol. The molecule has 0 aliphatic carbocycles. The largest absolute Gasteiger partial charge is 0.306 e. The first-order valence-electron chi connectivity index (χ1n) is 7.52. The second-order valence-corrected chi connectivity index (χ2v) is 8.87. The highest BCUT2D eigenvalue weighted by Crippen LogP contribution is 2.28. The summed E-state index contributed by atoms with van der Waals surface area (Å²) in [7, 11) is -3.63. The second kappa shape index (κ2) is 6.78. The van der Waals surface area contributed by atoms with E-state index in [4.69, 9.17) is 0 Å². The van der Waals surface area contributed by atoms with Crippen LogP contribution in [-0.2, 0) is 9.84 Å². The van der Waals surface area contributed by atoms with E-state index in [-0.39, 0.29) is 15.0 Å². The minimum Gasteiger partial charge on any atom is -0.306 e. The van der Waals surface area contributed by atoms with Gasteiger partial charge in [0, 0.05) is 6.20 Å². The van der Waals surface area contributed by atoms with Crippen LogP contribution in [-0.4, -0.2) is 19.3 Å². The third-order valence-electron chi connectivity index (χ3n) is 3.56. The summed E-state index contributed by atoms with van der Waals surface area (Å²) in [6, 6.07) is 13.2. The Morgan fingerprint density at radius 2 is 1.72 bits per heavy atom. The van der Waals surface area contributed by atoms with Crippen molar-refractivity contribution in [1.29, 1.82) is 0 Å². The molecule has 0 radical (unpaired) electrons. The lowest BCUT2D eigenvalue weighted by atomic mass is 10.2. The number of rotatable bonds is 4. The van der Waals surface area contributed by atoms with E-state index in [9.17, 15) is 13.2 Å². The van der Waals surface area contributed by atoms with E-state index < -0.39 is 9.84 Å². The molecule has 5 nitrogen and oxygen atoms in total. The lowest BCUT2D eigenvalue weighted by Crippen LogP contribution is -2.11. The van der Waals surface area contributed by atoms with Crippen molar-refractivity contribution in [2.75, 3.05) is 5.32 Å². The van der Waals surface area contributed by atoms with Crippen molar-refractivity contribution in [3.8, 4) is 0 Å². The molecule has 7 heteroatoms. The van der Waals surface area contributed by atoms with Crippen molar-refractivity contribution in [3.63, 3.8) is 0 Å². The average molecular weight is 372 g/mol. The van der Waals surface area contributed by atoms with Gasteiger partial charge in [-0.1, -0.05) is 17.7 Å². The minimum absolute atomic E-state index is 0.138. The summed E-state index contributed by atoms with van der Waals surface area (Å²) < 4.78 is 25.4. The van der Waals surface area contributed by atoms with E-state index in [1.807, 2.05) is 19.9 Å². The molecule has 0 saturated heterocycles. The van der Waals surface area contributed by atoms with E-state index in [2.05, 4.69) is 10.3 Å². The van der Waals surface area contributed by atoms with Crippen LogP contribution in [0.1, 0.15) is 20.8 Å². The highest BCUT2D eigenvalue weighted by Gasteiger charge is 2.21. The van der Waals surface area contributed by atoms with Gasteiger partial charge in [0.2, 0.25) is 9.84 Å². The first-order chi connectivity index (χ1) is 11.9. The summed E-state index contributed by atoms with van der Waals surface area (Å²) in [6.45, 7) is 3.79. The van der Waals surface area contributed by atoms with E-state index in [0.29, 0.717) is 10.7 Å². The molecule has 0 bridgehead atoms. The lowest BCUT2D eigenvalue weighted by Gasteiger charge is -2.03. The van der Waals surface area contributed by atoms with Gasteiger partial charge in [-0.05, 0) is 55.8 Å². The van der Waals surface area contributed by atoms with Crippen molar-refractivity contribution in [2.45, 2.75) is 23.0 Å². The number of anilines is 1. The zero-order valence-corrected chi connectivity index (χ0v) is 15.3. The molecular weight excluding hydrogens is 356 g/mol. The number of hydrogen-bond donors (Lipinski definition) is 1. The summed E-state index contributed by atoms with van der Waals surface area (Å²) in [5.41, 5.74) is 1.95. The minimum atomic E-state index is -3.63. The molecule has 128 valence electrons. The molecule has 1 N–H and O–H groups in total. The zero-order valence-electron chi connectivity index (χ0n) is 13.7. The number of amides is 1. The maximum atomic E-state index is 12.7. The van der Waals surface area contributed by atoms with Crippen molar-refractivity contribution in [1.82, 2.24) is 4.98 Å². The number of carbonyl (C=O) groups excluding carboxylic acids is 1. The number of benzene rings is 1. The van der Waals surface area contributed by atoms with Crippen LogP contribution in [0.15, 0.2) is 63.8 Å². The van der Waals surface area contributed by atoms with E-state index in [1.165, 1.54) is 12.1 Å². The number of carbonyl (C=O) groups is 1. The fourth-order valence-corrected chi connectivity index (χ4v) is 4.81. The molecule has 3 aromatic rings. The maximum Gasteiger partial charge on any atom is 0.266 e. The predicted octanol–water partition coefficient (Wildman–Crippen LogP) is 3.85. The fourth-order valence-electron chi connectivity index (χ4n) is 2.20. The van der Waals surface area contributed by atoms with Gasteiger partial charge >= 0.3 is 0 Å². The van der Waals surface area contributed by atoms with Crippen LogP contribution in [0, 0.1) is 13.8 Å². The van der Waals surface area contributed by atoms with E-state index in [0.717, 1.165) is 22.5 Å².